The van der Waals surface area contributed by atoms with Crippen LogP contribution in [-0.4, -0.2) is 17.2 Å². The lowest BCUT2D eigenvalue weighted by atomic mass is 9.85. The Morgan fingerprint density at radius 2 is 1.86 bits per heavy atom. The van der Waals surface area contributed by atoms with E-state index in [9.17, 15) is 9.90 Å². The van der Waals surface area contributed by atoms with Gasteiger partial charge in [0, 0.05) is 12.6 Å². The van der Waals surface area contributed by atoms with E-state index in [4.69, 9.17) is 0 Å². The molecule has 2 atom stereocenters. The third-order valence-corrected chi connectivity index (χ3v) is 5.14. The van der Waals surface area contributed by atoms with Gasteiger partial charge < -0.3 is 15.7 Å². The maximum absolute atomic E-state index is 12.0. The number of carbonyl (C=O) groups excluding carboxylic acids is 1. The first-order valence-electron chi connectivity index (χ1n) is 8.50. The first-order valence-corrected chi connectivity index (χ1v) is 8.50. The SMILES string of the molecule is O=C(NCc1ccccc1CO)NC1CC1C1CCCCC1. The lowest BCUT2D eigenvalue weighted by Gasteiger charge is -2.21. The molecule has 1 aromatic rings. The maximum Gasteiger partial charge on any atom is 0.315 e. The topological polar surface area (TPSA) is 61.4 Å². The Hall–Kier alpha value is -1.55. The number of aliphatic hydroxyl groups is 1. The number of hydrogen-bond acceptors (Lipinski definition) is 2. The van der Waals surface area contributed by atoms with Crippen molar-refractivity contribution in [3.8, 4) is 0 Å². The summed E-state index contributed by atoms with van der Waals surface area (Å²) in [6, 6.07) is 7.93. The minimum absolute atomic E-state index is 0.00581. The second-order valence-corrected chi connectivity index (χ2v) is 6.66. The highest BCUT2D eigenvalue weighted by molar-refractivity contribution is 5.74. The zero-order valence-electron chi connectivity index (χ0n) is 13.1. The molecule has 2 fully saturated rings. The second-order valence-electron chi connectivity index (χ2n) is 6.66. The molecule has 0 aliphatic heterocycles. The molecule has 0 radical (unpaired) electrons. The summed E-state index contributed by atoms with van der Waals surface area (Å²) in [5, 5.41) is 15.3. The van der Waals surface area contributed by atoms with Gasteiger partial charge in [-0.25, -0.2) is 4.79 Å². The average molecular weight is 302 g/mol. The van der Waals surface area contributed by atoms with Gasteiger partial charge in [0.25, 0.3) is 0 Å². The molecule has 0 saturated heterocycles. The van der Waals surface area contributed by atoms with Gasteiger partial charge in [0.05, 0.1) is 6.61 Å². The van der Waals surface area contributed by atoms with Crippen molar-refractivity contribution in [2.75, 3.05) is 0 Å². The van der Waals surface area contributed by atoms with Crippen molar-refractivity contribution in [2.45, 2.75) is 57.7 Å². The van der Waals surface area contributed by atoms with Crippen LogP contribution in [0.4, 0.5) is 4.79 Å². The summed E-state index contributed by atoms with van der Waals surface area (Å²) in [6.07, 6.45) is 7.93. The molecule has 2 unspecified atom stereocenters. The molecule has 120 valence electrons. The van der Waals surface area contributed by atoms with Crippen molar-refractivity contribution in [3.05, 3.63) is 35.4 Å². The van der Waals surface area contributed by atoms with E-state index < -0.39 is 0 Å². The van der Waals surface area contributed by atoms with Crippen LogP contribution in [0.15, 0.2) is 24.3 Å². The standard InChI is InChI=1S/C18H26N2O2/c21-12-15-9-5-4-8-14(15)11-19-18(22)20-17-10-16(17)13-6-2-1-3-7-13/h4-5,8-9,13,16-17,21H,1-3,6-7,10-12H2,(H2,19,20,22). The Balaban J connectivity index is 1.42. The van der Waals surface area contributed by atoms with Crippen LogP contribution in [-0.2, 0) is 13.2 Å². The molecule has 2 amide bonds. The first kappa shape index (κ1) is 15.3. The number of amides is 2. The van der Waals surface area contributed by atoms with Crippen LogP contribution >= 0.6 is 0 Å². The van der Waals surface area contributed by atoms with E-state index in [0.717, 1.165) is 23.5 Å². The minimum atomic E-state index is -0.0870. The van der Waals surface area contributed by atoms with Crippen LogP contribution in [0.25, 0.3) is 0 Å². The molecule has 0 heterocycles. The highest BCUT2D eigenvalue weighted by atomic mass is 16.3. The molecule has 4 nitrogen and oxygen atoms in total. The summed E-state index contributed by atoms with van der Waals surface area (Å²) in [5.74, 6) is 1.53. The van der Waals surface area contributed by atoms with Gasteiger partial charge in [0.15, 0.2) is 0 Å². The Morgan fingerprint density at radius 3 is 2.59 bits per heavy atom. The van der Waals surface area contributed by atoms with Crippen molar-refractivity contribution in [1.29, 1.82) is 0 Å². The van der Waals surface area contributed by atoms with E-state index in [2.05, 4.69) is 10.6 Å². The lowest BCUT2D eigenvalue weighted by Crippen LogP contribution is -2.37. The highest BCUT2D eigenvalue weighted by Gasteiger charge is 2.43. The van der Waals surface area contributed by atoms with E-state index in [1.54, 1.807) is 0 Å². The maximum atomic E-state index is 12.0. The predicted octanol–water partition coefficient (Wildman–Crippen LogP) is 2.95. The van der Waals surface area contributed by atoms with Crippen LogP contribution in [0, 0.1) is 11.8 Å². The average Bonchev–Trinajstić information content (AvgIpc) is 3.33. The van der Waals surface area contributed by atoms with Crippen LogP contribution in [0.3, 0.4) is 0 Å². The van der Waals surface area contributed by atoms with Crippen LogP contribution in [0.2, 0.25) is 0 Å². The molecule has 22 heavy (non-hydrogen) atoms. The Bertz CT molecular complexity index is 512. The van der Waals surface area contributed by atoms with Crippen LogP contribution in [0.5, 0.6) is 0 Å². The smallest absolute Gasteiger partial charge is 0.315 e. The monoisotopic (exact) mass is 302 g/mol. The van der Waals surface area contributed by atoms with Crippen LogP contribution < -0.4 is 10.6 Å². The van der Waals surface area contributed by atoms with E-state index in [-0.39, 0.29) is 12.6 Å². The van der Waals surface area contributed by atoms with Crippen LogP contribution in [0.1, 0.15) is 49.7 Å². The minimum Gasteiger partial charge on any atom is -0.392 e. The molecular weight excluding hydrogens is 276 g/mol. The number of carbonyl (C=O) groups is 1. The van der Waals surface area contributed by atoms with Crippen molar-refractivity contribution in [1.82, 2.24) is 10.6 Å². The molecule has 0 spiro atoms. The summed E-state index contributed by atoms with van der Waals surface area (Å²) >= 11 is 0. The normalized spacial score (nSPS) is 24.8. The summed E-state index contributed by atoms with van der Waals surface area (Å²) in [7, 11) is 0. The molecule has 0 bridgehead atoms. The van der Waals surface area contributed by atoms with E-state index in [1.807, 2.05) is 24.3 Å². The highest BCUT2D eigenvalue weighted by Crippen LogP contribution is 2.44. The third kappa shape index (κ3) is 3.80. The van der Waals surface area contributed by atoms with Gasteiger partial charge >= 0.3 is 6.03 Å². The number of rotatable bonds is 5. The largest absolute Gasteiger partial charge is 0.392 e. The van der Waals surface area contributed by atoms with Crippen molar-refractivity contribution >= 4 is 6.03 Å². The van der Waals surface area contributed by atoms with Gasteiger partial charge in [-0.15, -0.1) is 0 Å². The molecule has 4 heteroatoms. The fourth-order valence-corrected chi connectivity index (χ4v) is 3.74. The van der Waals surface area contributed by atoms with Gasteiger partial charge in [-0.1, -0.05) is 56.4 Å². The fourth-order valence-electron chi connectivity index (χ4n) is 3.74. The third-order valence-electron chi connectivity index (χ3n) is 5.14. The number of hydrogen-bond donors (Lipinski definition) is 3. The van der Waals surface area contributed by atoms with Crippen molar-refractivity contribution in [3.63, 3.8) is 0 Å². The lowest BCUT2D eigenvalue weighted by molar-refractivity contribution is 0.237. The van der Waals surface area contributed by atoms with Gasteiger partial charge in [0.2, 0.25) is 0 Å². The second kappa shape index (κ2) is 7.14. The zero-order chi connectivity index (χ0) is 15.4. The number of benzene rings is 1. The molecule has 2 saturated carbocycles. The van der Waals surface area contributed by atoms with E-state index in [0.29, 0.717) is 18.5 Å². The molecule has 3 rings (SSSR count). The number of urea groups is 1. The zero-order valence-corrected chi connectivity index (χ0v) is 13.1. The summed E-state index contributed by atoms with van der Waals surface area (Å²) in [6.45, 7) is 0.467. The molecule has 1 aromatic carbocycles. The molecular formula is C18H26N2O2. The molecule has 0 aromatic heterocycles. The summed E-state index contributed by atoms with van der Waals surface area (Å²) in [5.41, 5.74) is 1.84. The van der Waals surface area contributed by atoms with Gasteiger partial charge in [-0.05, 0) is 29.4 Å². The summed E-state index contributed by atoms with van der Waals surface area (Å²) < 4.78 is 0. The molecule has 2 aliphatic carbocycles. The Kier molecular flexibility index (Phi) is 4.98. The predicted molar refractivity (Wildman–Crippen MR) is 86.2 cm³/mol. The van der Waals surface area contributed by atoms with Gasteiger partial charge in [-0.3, -0.25) is 0 Å². The first-order chi connectivity index (χ1) is 10.8. The fraction of sp³-hybridized carbons (Fsp3) is 0.611. The molecule has 2 aliphatic rings. The van der Waals surface area contributed by atoms with E-state index in [1.165, 1.54) is 32.1 Å². The molecule has 3 N–H and O–H groups in total. The van der Waals surface area contributed by atoms with Gasteiger partial charge in [0.1, 0.15) is 0 Å². The quantitative estimate of drug-likeness (QED) is 0.783. The van der Waals surface area contributed by atoms with E-state index >= 15 is 0 Å². The number of nitrogens with one attached hydrogen (secondary N) is 2. The summed E-state index contributed by atoms with van der Waals surface area (Å²) in [4.78, 5) is 12.0. The van der Waals surface area contributed by atoms with Crippen molar-refractivity contribution < 1.29 is 9.90 Å². The Morgan fingerprint density at radius 1 is 1.14 bits per heavy atom. The number of aliphatic hydroxyl groups excluding tert-OH is 1. The Labute approximate surface area is 132 Å². The van der Waals surface area contributed by atoms with Crippen molar-refractivity contribution in [2.24, 2.45) is 11.8 Å². The van der Waals surface area contributed by atoms with Gasteiger partial charge in [-0.2, -0.15) is 0 Å².